The van der Waals surface area contributed by atoms with Crippen molar-refractivity contribution >= 4 is 11.6 Å². The molecule has 0 spiro atoms. The fourth-order valence-corrected chi connectivity index (χ4v) is 1.85. The van der Waals surface area contributed by atoms with E-state index in [4.69, 9.17) is 16.9 Å². The van der Waals surface area contributed by atoms with Crippen molar-refractivity contribution in [3.8, 4) is 12.0 Å². The molecule has 0 aliphatic rings. The Balaban J connectivity index is 2.65. The van der Waals surface area contributed by atoms with Gasteiger partial charge in [0.15, 0.2) is 5.15 Å². The molecule has 0 saturated carbocycles. The zero-order chi connectivity index (χ0) is 12.6. The van der Waals surface area contributed by atoms with E-state index in [1.54, 1.807) is 6.92 Å². The van der Waals surface area contributed by atoms with E-state index >= 15 is 0 Å². The molecule has 0 unspecified atom stereocenters. The van der Waals surface area contributed by atoms with Crippen molar-refractivity contribution in [2.45, 2.75) is 20.8 Å². The fourth-order valence-electron chi connectivity index (χ4n) is 1.56. The SMILES string of the molecule is Cc1cc(C)nc(-n2nc(C)c(C#N)c2Cl)n1. The second-order valence-electron chi connectivity index (χ2n) is 3.73. The van der Waals surface area contributed by atoms with E-state index in [-0.39, 0.29) is 5.15 Å². The zero-order valence-electron chi connectivity index (χ0n) is 9.69. The van der Waals surface area contributed by atoms with Crippen LogP contribution in [0.15, 0.2) is 6.07 Å². The van der Waals surface area contributed by atoms with E-state index in [1.807, 2.05) is 26.0 Å². The first-order valence-electron chi connectivity index (χ1n) is 5.01. The number of hydrogen-bond donors (Lipinski definition) is 0. The van der Waals surface area contributed by atoms with Crippen molar-refractivity contribution in [2.75, 3.05) is 0 Å². The Labute approximate surface area is 104 Å². The van der Waals surface area contributed by atoms with Gasteiger partial charge in [0.1, 0.15) is 11.6 Å². The summed E-state index contributed by atoms with van der Waals surface area (Å²) >= 11 is 6.07. The summed E-state index contributed by atoms with van der Waals surface area (Å²) in [7, 11) is 0. The zero-order valence-corrected chi connectivity index (χ0v) is 10.4. The van der Waals surface area contributed by atoms with Crippen molar-refractivity contribution in [1.29, 1.82) is 5.26 Å². The Hall–Kier alpha value is -1.93. The molecule has 2 rings (SSSR count). The van der Waals surface area contributed by atoms with Gasteiger partial charge in [-0.15, -0.1) is 0 Å². The van der Waals surface area contributed by atoms with Gasteiger partial charge in [-0.3, -0.25) is 0 Å². The molecule has 0 atom stereocenters. The lowest BCUT2D eigenvalue weighted by atomic mass is 10.3. The third kappa shape index (κ3) is 1.99. The minimum absolute atomic E-state index is 0.245. The normalized spacial score (nSPS) is 10.3. The van der Waals surface area contributed by atoms with Crippen LogP contribution in [-0.4, -0.2) is 19.7 Å². The van der Waals surface area contributed by atoms with Crippen LogP contribution in [0.2, 0.25) is 5.15 Å². The van der Waals surface area contributed by atoms with Crippen molar-refractivity contribution in [1.82, 2.24) is 19.7 Å². The van der Waals surface area contributed by atoms with Crippen LogP contribution in [-0.2, 0) is 0 Å². The minimum atomic E-state index is 0.245. The quantitative estimate of drug-likeness (QED) is 0.774. The number of nitrogens with zero attached hydrogens (tertiary/aromatic N) is 5. The topological polar surface area (TPSA) is 67.4 Å². The lowest BCUT2D eigenvalue weighted by Gasteiger charge is -2.03. The second-order valence-corrected chi connectivity index (χ2v) is 4.08. The average molecular weight is 248 g/mol. The molecule has 0 aromatic carbocycles. The molecule has 5 nitrogen and oxygen atoms in total. The standard InChI is InChI=1S/C11H10ClN5/c1-6-4-7(2)15-11(14-6)17-10(12)9(5-13)8(3)16-17/h4H,1-3H3. The molecule has 2 aromatic heterocycles. The largest absolute Gasteiger partial charge is 0.252 e. The maximum absolute atomic E-state index is 8.94. The van der Waals surface area contributed by atoms with Gasteiger partial charge in [-0.2, -0.15) is 15.0 Å². The van der Waals surface area contributed by atoms with E-state index in [2.05, 4.69) is 15.1 Å². The van der Waals surface area contributed by atoms with E-state index in [1.165, 1.54) is 4.68 Å². The van der Waals surface area contributed by atoms with E-state index in [0.717, 1.165) is 11.4 Å². The van der Waals surface area contributed by atoms with Gasteiger partial charge in [-0.25, -0.2) is 9.97 Å². The summed E-state index contributed by atoms with van der Waals surface area (Å²) < 4.78 is 1.38. The van der Waals surface area contributed by atoms with Crippen LogP contribution in [0.3, 0.4) is 0 Å². The molecule has 0 bridgehead atoms. The Morgan fingerprint density at radius 3 is 2.29 bits per heavy atom. The highest BCUT2D eigenvalue weighted by molar-refractivity contribution is 6.31. The number of nitriles is 1. The predicted molar refractivity (Wildman–Crippen MR) is 63.1 cm³/mol. The lowest BCUT2D eigenvalue weighted by molar-refractivity contribution is 0.784. The molecular weight excluding hydrogens is 238 g/mol. The number of aryl methyl sites for hydroxylation is 3. The predicted octanol–water partition coefficient (Wildman–Crippen LogP) is 2.11. The first kappa shape index (κ1) is 11.6. The molecule has 6 heteroatoms. The lowest BCUT2D eigenvalue weighted by Crippen LogP contribution is -2.05. The Morgan fingerprint density at radius 2 is 1.82 bits per heavy atom. The first-order chi connectivity index (χ1) is 8.02. The molecule has 0 aliphatic heterocycles. The molecule has 17 heavy (non-hydrogen) atoms. The minimum Gasteiger partial charge on any atom is -0.216 e. The third-order valence-electron chi connectivity index (χ3n) is 2.28. The molecule has 0 N–H and O–H groups in total. The highest BCUT2D eigenvalue weighted by atomic mass is 35.5. The van der Waals surface area contributed by atoms with Crippen LogP contribution in [0.4, 0.5) is 0 Å². The van der Waals surface area contributed by atoms with Crippen molar-refractivity contribution < 1.29 is 0 Å². The van der Waals surface area contributed by atoms with Crippen LogP contribution in [0, 0.1) is 32.1 Å². The number of rotatable bonds is 1. The van der Waals surface area contributed by atoms with Gasteiger partial charge in [0.2, 0.25) is 0 Å². The summed E-state index contributed by atoms with van der Waals surface area (Å²) in [5, 5.41) is 13.4. The summed E-state index contributed by atoms with van der Waals surface area (Å²) in [6, 6.07) is 3.87. The highest BCUT2D eigenvalue weighted by Gasteiger charge is 2.16. The maximum atomic E-state index is 8.94. The van der Waals surface area contributed by atoms with Gasteiger partial charge < -0.3 is 0 Å². The molecule has 2 aromatic rings. The maximum Gasteiger partial charge on any atom is 0.252 e. The Bertz CT molecular complexity index is 603. The van der Waals surface area contributed by atoms with Gasteiger partial charge in [0, 0.05) is 11.4 Å². The van der Waals surface area contributed by atoms with E-state index in [9.17, 15) is 0 Å². The first-order valence-corrected chi connectivity index (χ1v) is 5.38. The van der Waals surface area contributed by atoms with Gasteiger partial charge in [-0.1, -0.05) is 11.6 Å². The third-order valence-corrected chi connectivity index (χ3v) is 2.62. The molecule has 0 fully saturated rings. The number of aromatic nitrogens is 4. The molecule has 0 amide bonds. The highest BCUT2D eigenvalue weighted by Crippen LogP contribution is 2.21. The number of halogens is 1. The number of hydrogen-bond acceptors (Lipinski definition) is 4. The summed E-state index contributed by atoms with van der Waals surface area (Å²) in [6.45, 7) is 5.46. The van der Waals surface area contributed by atoms with Crippen LogP contribution < -0.4 is 0 Å². The van der Waals surface area contributed by atoms with Crippen molar-refractivity contribution in [3.05, 3.63) is 33.9 Å². The van der Waals surface area contributed by atoms with Crippen LogP contribution in [0.25, 0.3) is 5.95 Å². The smallest absolute Gasteiger partial charge is 0.216 e. The van der Waals surface area contributed by atoms with Gasteiger partial charge >= 0.3 is 0 Å². The second kappa shape index (κ2) is 4.15. The van der Waals surface area contributed by atoms with Gasteiger partial charge in [-0.05, 0) is 26.8 Å². The molecule has 0 aliphatic carbocycles. The Morgan fingerprint density at radius 1 is 1.24 bits per heavy atom. The fraction of sp³-hybridized carbons (Fsp3) is 0.273. The molecule has 86 valence electrons. The van der Waals surface area contributed by atoms with Crippen LogP contribution in [0.5, 0.6) is 0 Å². The van der Waals surface area contributed by atoms with Crippen LogP contribution in [0.1, 0.15) is 22.6 Å². The molecular formula is C11H10ClN5. The molecule has 0 saturated heterocycles. The summed E-state index contributed by atoms with van der Waals surface area (Å²) in [5.41, 5.74) is 2.58. The summed E-state index contributed by atoms with van der Waals surface area (Å²) in [6.07, 6.45) is 0. The van der Waals surface area contributed by atoms with Gasteiger partial charge in [0.05, 0.1) is 5.69 Å². The van der Waals surface area contributed by atoms with Crippen molar-refractivity contribution in [2.24, 2.45) is 0 Å². The van der Waals surface area contributed by atoms with Crippen molar-refractivity contribution in [3.63, 3.8) is 0 Å². The molecule has 0 radical (unpaired) electrons. The summed E-state index contributed by atoms with van der Waals surface area (Å²) in [4.78, 5) is 8.50. The van der Waals surface area contributed by atoms with E-state index in [0.29, 0.717) is 17.2 Å². The van der Waals surface area contributed by atoms with Crippen LogP contribution >= 0.6 is 11.6 Å². The van der Waals surface area contributed by atoms with E-state index < -0.39 is 0 Å². The monoisotopic (exact) mass is 247 g/mol. The molecule has 2 heterocycles. The Kier molecular flexibility index (Phi) is 2.82. The summed E-state index contributed by atoms with van der Waals surface area (Å²) in [5.74, 6) is 0.386. The average Bonchev–Trinajstić information content (AvgIpc) is 2.52. The van der Waals surface area contributed by atoms with Gasteiger partial charge in [0.25, 0.3) is 5.95 Å².